The Hall–Kier alpha value is -0.570. The highest BCUT2D eigenvalue weighted by atomic mass is 35.5. The van der Waals surface area contributed by atoms with E-state index in [1.165, 1.54) is 25.9 Å². The molecule has 2 rings (SSSR count). The van der Waals surface area contributed by atoms with Crippen LogP contribution in [0.4, 0.5) is 0 Å². The summed E-state index contributed by atoms with van der Waals surface area (Å²) >= 11 is 5.84. The summed E-state index contributed by atoms with van der Waals surface area (Å²) in [4.78, 5) is 2.46. The molecule has 0 radical (unpaired) electrons. The minimum absolute atomic E-state index is 0.374. The summed E-state index contributed by atoms with van der Waals surface area (Å²) in [5, 5.41) is 10.8. The molecule has 1 heterocycles. The maximum Gasteiger partial charge on any atom is 0.0802 e. The van der Waals surface area contributed by atoms with E-state index in [1.807, 2.05) is 24.3 Å². The molecule has 0 spiro atoms. The molecule has 2 nitrogen and oxygen atoms in total. The molecule has 1 aromatic rings. The third kappa shape index (κ3) is 3.98. The van der Waals surface area contributed by atoms with Gasteiger partial charge in [0.2, 0.25) is 0 Å². The van der Waals surface area contributed by atoms with Gasteiger partial charge in [-0.15, -0.1) is 0 Å². The van der Waals surface area contributed by atoms with Gasteiger partial charge in [-0.1, -0.05) is 30.7 Å². The van der Waals surface area contributed by atoms with Crippen molar-refractivity contribution >= 4 is 11.6 Å². The molecular weight excluding hydrogens is 246 g/mol. The zero-order valence-corrected chi connectivity index (χ0v) is 11.7. The van der Waals surface area contributed by atoms with E-state index in [0.717, 1.165) is 29.5 Å². The van der Waals surface area contributed by atoms with Crippen LogP contribution in [0.1, 0.15) is 37.9 Å². The molecule has 1 unspecified atom stereocenters. The van der Waals surface area contributed by atoms with Crippen LogP contribution in [0, 0.1) is 5.92 Å². The van der Waals surface area contributed by atoms with Crippen LogP contribution in [0.25, 0.3) is 0 Å². The van der Waals surface area contributed by atoms with Crippen molar-refractivity contribution in [2.45, 2.75) is 32.3 Å². The van der Waals surface area contributed by atoms with Crippen molar-refractivity contribution in [3.8, 4) is 0 Å². The molecule has 3 heteroatoms. The normalized spacial score (nSPS) is 19.9. The van der Waals surface area contributed by atoms with E-state index < -0.39 is 0 Å². The van der Waals surface area contributed by atoms with E-state index in [9.17, 15) is 5.11 Å². The fourth-order valence-electron chi connectivity index (χ4n) is 2.44. The number of benzene rings is 1. The van der Waals surface area contributed by atoms with E-state index in [4.69, 9.17) is 11.6 Å². The number of halogens is 1. The fraction of sp³-hybridized carbons (Fsp3) is 0.600. The second-order valence-corrected chi connectivity index (χ2v) is 5.82. The maximum atomic E-state index is 10.1. The van der Waals surface area contributed by atoms with Crippen LogP contribution >= 0.6 is 11.6 Å². The number of rotatable bonds is 4. The second-order valence-electron chi connectivity index (χ2n) is 5.38. The molecule has 0 aliphatic carbocycles. The number of hydrogen-bond donors (Lipinski definition) is 1. The Labute approximate surface area is 115 Å². The average molecular weight is 268 g/mol. The van der Waals surface area contributed by atoms with Gasteiger partial charge in [-0.25, -0.2) is 0 Å². The standard InChI is InChI=1S/C15H22ClNO/c1-12-6-9-17(10-7-12)11-8-15(18)13-2-4-14(16)5-3-13/h2-5,12,15,18H,6-11H2,1H3. The van der Waals surface area contributed by atoms with Crippen LogP contribution < -0.4 is 0 Å². The Bertz CT molecular complexity index is 357. The molecule has 1 aliphatic heterocycles. The number of aliphatic hydroxyl groups is 1. The minimum Gasteiger partial charge on any atom is -0.388 e. The molecule has 1 fully saturated rings. The molecule has 100 valence electrons. The monoisotopic (exact) mass is 267 g/mol. The molecule has 18 heavy (non-hydrogen) atoms. The topological polar surface area (TPSA) is 23.5 Å². The van der Waals surface area contributed by atoms with E-state index in [1.54, 1.807) is 0 Å². The molecular formula is C15H22ClNO. The molecule has 1 aliphatic rings. The first-order valence-corrected chi connectivity index (χ1v) is 7.19. The summed E-state index contributed by atoms with van der Waals surface area (Å²) in [6, 6.07) is 7.49. The Morgan fingerprint density at radius 1 is 1.28 bits per heavy atom. The van der Waals surface area contributed by atoms with Crippen molar-refractivity contribution in [1.29, 1.82) is 0 Å². The highest BCUT2D eigenvalue weighted by Gasteiger charge is 2.16. The van der Waals surface area contributed by atoms with Crippen molar-refractivity contribution in [2.75, 3.05) is 19.6 Å². The summed E-state index contributed by atoms with van der Waals surface area (Å²) in [6.45, 7) is 5.65. The van der Waals surface area contributed by atoms with E-state index in [2.05, 4.69) is 11.8 Å². The van der Waals surface area contributed by atoms with Crippen molar-refractivity contribution in [1.82, 2.24) is 4.90 Å². The highest BCUT2D eigenvalue weighted by molar-refractivity contribution is 6.30. The molecule has 1 atom stereocenters. The van der Waals surface area contributed by atoms with Crippen LogP contribution in [-0.4, -0.2) is 29.6 Å². The van der Waals surface area contributed by atoms with Crippen molar-refractivity contribution in [3.05, 3.63) is 34.9 Å². The third-order valence-corrected chi connectivity index (χ3v) is 4.10. The molecule has 0 saturated carbocycles. The maximum absolute atomic E-state index is 10.1. The SMILES string of the molecule is CC1CCN(CCC(O)c2ccc(Cl)cc2)CC1. The first kappa shape index (κ1) is 13.9. The van der Waals surface area contributed by atoms with Crippen LogP contribution in [0.5, 0.6) is 0 Å². The van der Waals surface area contributed by atoms with Crippen molar-refractivity contribution in [2.24, 2.45) is 5.92 Å². The van der Waals surface area contributed by atoms with Gasteiger partial charge in [0.05, 0.1) is 6.10 Å². The van der Waals surface area contributed by atoms with Gasteiger partial charge in [-0.2, -0.15) is 0 Å². The largest absolute Gasteiger partial charge is 0.388 e. The smallest absolute Gasteiger partial charge is 0.0802 e. The summed E-state index contributed by atoms with van der Waals surface area (Å²) in [5.41, 5.74) is 0.963. The van der Waals surface area contributed by atoms with E-state index in [0.29, 0.717) is 0 Å². The Kier molecular flexibility index (Phi) is 5.04. The van der Waals surface area contributed by atoms with Gasteiger partial charge in [0.1, 0.15) is 0 Å². The van der Waals surface area contributed by atoms with E-state index in [-0.39, 0.29) is 6.10 Å². The van der Waals surface area contributed by atoms with Gasteiger partial charge in [0, 0.05) is 11.6 Å². The zero-order chi connectivity index (χ0) is 13.0. The van der Waals surface area contributed by atoms with Gasteiger partial charge in [-0.05, 0) is 56.0 Å². The van der Waals surface area contributed by atoms with E-state index >= 15 is 0 Å². The number of aliphatic hydroxyl groups excluding tert-OH is 1. The van der Waals surface area contributed by atoms with Crippen LogP contribution in [0.2, 0.25) is 5.02 Å². The Morgan fingerprint density at radius 3 is 2.50 bits per heavy atom. The summed E-state index contributed by atoms with van der Waals surface area (Å²) in [7, 11) is 0. The van der Waals surface area contributed by atoms with Gasteiger partial charge in [0.15, 0.2) is 0 Å². The summed E-state index contributed by atoms with van der Waals surface area (Å²) in [6.07, 6.45) is 3.01. The minimum atomic E-state index is -0.374. The van der Waals surface area contributed by atoms with Crippen molar-refractivity contribution < 1.29 is 5.11 Å². The average Bonchev–Trinajstić information content (AvgIpc) is 2.38. The summed E-state index contributed by atoms with van der Waals surface area (Å²) in [5.74, 6) is 0.863. The molecule has 1 saturated heterocycles. The van der Waals surface area contributed by atoms with Gasteiger partial charge < -0.3 is 10.0 Å². The number of hydrogen-bond acceptors (Lipinski definition) is 2. The zero-order valence-electron chi connectivity index (χ0n) is 11.0. The van der Waals surface area contributed by atoms with Gasteiger partial charge in [0.25, 0.3) is 0 Å². The number of nitrogens with zero attached hydrogens (tertiary/aromatic N) is 1. The number of piperidine rings is 1. The van der Waals surface area contributed by atoms with Crippen molar-refractivity contribution in [3.63, 3.8) is 0 Å². The fourth-order valence-corrected chi connectivity index (χ4v) is 2.57. The number of likely N-dealkylation sites (tertiary alicyclic amines) is 1. The molecule has 0 amide bonds. The molecule has 1 N–H and O–H groups in total. The van der Waals surface area contributed by atoms with Crippen LogP contribution in [0.15, 0.2) is 24.3 Å². The van der Waals surface area contributed by atoms with Crippen LogP contribution in [-0.2, 0) is 0 Å². The molecule has 0 aromatic heterocycles. The predicted molar refractivity (Wildman–Crippen MR) is 75.9 cm³/mol. The highest BCUT2D eigenvalue weighted by Crippen LogP contribution is 2.21. The second kappa shape index (κ2) is 6.55. The Morgan fingerprint density at radius 2 is 1.89 bits per heavy atom. The lowest BCUT2D eigenvalue weighted by molar-refractivity contribution is 0.125. The van der Waals surface area contributed by atoms with Gasteiger partial charge >= 0.3 is 0 Å². The van der Waals surface area contributed by atoms with Gasteiger partial charge in [-0.3, -0.25) is 0 Å². The summed E-state index contributed by atoms with van der Waals surface area (Å²) < 4.78 is 0. The quantitative estimate of drug-likeness (QED) is 0.903. The first-order chi connectivity index (χ1) is 8.65. The lowest BCUT2D eigenvalue weighted by Crippen LogP contribution is -2.34. The first-order valence-electron chi connectivity index (χ1n) is 6.81. The third-order valence-electron chi connectivity index (χ3n) is 3.85. The molecule has 0 bridgehead atoms. The Balaban J connectivity index is 1.77. The predicted octanol–water partition coefficient (Wildman–Crippen LogP) is 3.50. The lowest BCUT2D eigenvalue weighted by atomic mass is 9.98. The lowest BCUT2D eigenvalue weighted by Gasteiger charge is -2.30. The molecule has 1 aromatic carbocycles. The van der Waals surface area contributed by atoms with Crippen LogP contribution in [0.3, 0.4) is 0 Å².